The zero-order valence-electron chi connectivity index (χ0n) is 12.1. The lowest BCUT2D eigenvalue weighted by molar-refractivity contribution is -0.146. The minimum atomic E-state index is -0.575. The largest absolute Gasteiger partial charge is 0.455 e. The highest BCUT2D eigenvalue weighted by atomic mass is 35.5. The number of rotatable bonds is 5. The molecule has 0 aliphatic carbocycles. The van der Waals surface area contributed by atoms with Crippen LogP contribution in [0.15, 0.2) is 36.4 Å². The van der Waals surface area contributed by atoms with Crippen molar-refractivity contribution in [2.75, 3.05) is 11.9 Å². The van der Waals surface area contributed by atoms with Crippen molar-refractivity contribution in [3.8, 4) is 0 Å². The van der Waals surface area contributed by atoms with E-state index in [1.165, 1.54) is 0 Å². The van der Waals surface area contributed by atoms with Gasteiger partial charge in [-0.05, 0) is 29.8 Å². The number of ether oxygens (including phenoxy) is 1. The van der Waals surface area contributed by atoms with Crippen LogP contribution in [0.1, 0.15) is 5.56 Å². The van der Waals surface area contributed by atoms with Gasteiger partial charge in [0.15, 0.2) is 6.61 Å². The molecule has 8 heteroatoms. The summed E-state index contributed by atoms with van der Waals surface area (Å²) >= 11 is 23.6. The fourth-order valence-corrected chi connectivity index (χ4v) is 2.62. The van der Waals surface area contributed by atoms with E-state index in [1.807, 2.05) is 0 Å². The molecule has 0 saturated heterocycles. The van der Waals surface area contributed by atoms with Crippen molar-refractivity contribution in [3.63, 3.8) is 0 Å². The van der Waals surface area contributed by atoms with Gasteiger partial charge in [-0.2, -0.15) is 0 Å². The van der Waals surface area contributed by atoms with Crippen LogP contribution in [0.5, 0.6) is 0 Å². The lowest BCUT2D eigenvalue weighted by atomic mass is 10.1. The average molecular weight is 407 g/mol. The second-order valence-electron chi connectivity index (χ2n) is 4.73. The standard InChI is InChI=1S/C16H11Cl4NO3/c17-10-5-4-9(6-13(10)20)7-15(23)24-8-14(22)21-16-11(18)2-1-3-12(16)19/h1-6H,7-8H2,(H,21,22). The van der Waals surface area contributed by atoms with E-state index < -0.39 is 18.5 Å². The van der Waals surface area contributed by atoms with E-state index in [-0.39, 0.29) is 22.2 Å². The fraction of sp³-hybridized carbons (Fsp3) is 0.125. The van der Waals surface area contributed by atoms with Crippen molar-refractivity contribution in [1.29, 1.82) is 0 Å². The molecule has 0 spiro atoms. The van der Waals surface area contributed by atoms with Gasteiger partial charge in [-0.1, -0.05) is 58.5 Å². The van der Waals surface area contributed by atoms with Crippen LogP contribution in [-0.2, 0) is 20.7 Å². The second-order valence-corrected chi connectivity index (χ2v) is 6.36. The number of carbonyl (C=O) groups is 2. The number of amides is 1. The monoisotopic (exact) mass is 405 g/mol. The van der Waals surface area contributed by atoms with Crippen LogP contribution in [0, 0.1) is 0 Å². The number of hydrogen-bond acceptors (Lipinski definition) is 3. The Labute approximate surface area is 158 Å². The number of carbonyl (C=O) groups excluding carboxylic acids is 2. The Kier molecular flexibility index (Phi) is 6.75. The molecule has 0 fully saturated rings. The van der Waals surface area contributed by atoms with Crippen LogP contribution < -0.4 is 5.32 Å². The maximum atomic E-state index is 11.8. The number of esters is 1. The van der Waals surface area contributed by atoms with Crippen LogP contribution in [-0.4, -0.2) is 18.5 Å². The normalized spacial score (nSPS) is 10.3. The quantitative estimate of drug-likeness (QED) is 0.708. The van der Waals surface area contributed by atoms with Gasteiger partial charge < -0.3 is 10.1 Å². The van der Waals surface area contributed by atoms with Crippen LogP contribution in [0.3, 0.4) is 0 Å². The molecule has 0 aromatic heterocycles. The van der Waals surface area contributed by atoms with Gasteiger partial charge in [0.05, 0.1) is 32.2 Å². The summed E-state index contributed by atoms with van der Waals surface area (Å²) in [6.45, 7) is -0.457. The number of halogens is 4. The number of benzene rings is 2. The Bertz CT molecular complexity index is 760. The van der Waals surface area contributed by atoms with Gasteiger partial charge in [0.2, 0.25) is 0 Å². The smallest absolute Gasteiger partial charge is 0.310 e. The Morgan fingerprint density at radius 3 is 2.21 bits per heavy atom. The van der Waals surface area contributed by atoms with Gasteiger partial charge in [-0.15, -0.1) is 0 Å². The summed E-state index contributed by atoms with van der Waals surface area (Å²) in [5.41, 5.74) is 0.898. The molecule has 0 unspecified atom stereocenters. The SMILES string of the molecule is O=C(COC(=O)Cc1ccc(Cl)c(Cl)c1)Nc1c(Cl)cccc1Cl. The van der Waals surface area contributed by atoms with Crippen molar-refractivity contribution in [2.45, 2.75) is 6.42 Å². The van der Waals surface area contributed by atoms with Crippen molar-refractivity contribution in [3.05, 3.63) is 62.1 Å². The molecule has 0 saturated carbocycles. The van der Waals surface area contributed by atoms with E-state index >= 15 is 0 Å². The lowest BCUT2D eigenvalue weighted by Gasteiger charge is -2.09. The molecule has 0 atom stereocenters. The third kappa shape index (κ3) is 5.28. The summed E-state index contributed by atoms with van der Waals surface area (Å²) in [5, 5.41) is 3.81. The minimum absolute atomic E-state index is 0.0307. The van der Waals surface area contributed by atoms with Crippen LogP contribution in [0.2, 0.25) is 20.1 Å². The summed E-state index contributed by atoms with van der Waals surface area (Å²) in [7, 11) is 0. The summed E-state index contributed by atoms with van der Waals surface area (Å²) < 4.78 is 4.92. The molecule has 1 N–H and O–H groups in total. The first-order valence-electron chi connectivity index (χ1n) is 6.70. The van der Waals surface area contributed by atoms with Gasteiger partial charge in [-0.3, -0.25) is 9.59 Å². The molecule has 0 bridgehead atoms. The highest BCUT2D eigenvalue weighted by Gasteiger charge is 2.13. The first-order valence-corrected chi connectivity index (χ1v) is 8.21. The Hall–Kier alpha value is -1.46. The topological polar surface area (TPSA) is 55.4 Å². The van der Waals surface area contributed by atoms with Gasteiger partial charge in [0.1, 0.15) is 0 Å². The van der Waals surface area contributed by atoms with Crippen molar-refractivity contribution < 1.29 is 14.3 Å². The second kappa shape index (κ2) is 8.58. The molecule has 2 aromatic rings. The average Bonchev–Trinajstić information content (AvgIpc) is 2.53. The summed E-state index contributed by atoms with van der Waals surface area (Å²) in [5.74, 6) is -1.12. The molecule has 24 heavy (non-hydrogen) atoms. The molecule has 0 heterocycles. The first kappa shape index (κ1) is 18.9. The number of para-hydroxylation sites is 1. The molecular formula is C16H11Cl4NO3. The number of anilines is 1. The first-order chi connectivity index (χ1) is 11.4. The molecule has 2 rings (SSSR count). The number of nitrogens with one attached hydrogen (secondary N) is 1. The third-order valence-corrected chi connectivity index (χ3v) is 4.29. The van der Waals surface area contributed by atoms with E-state index in [0.717, 1.165) is 0 Å². The predicted molar refractivity (Wildman–Crippen MR) is 96.2 cm³/mol. The highest BCUT2D eigenvalue weighted by molar-refractivity contribution is 6.42. The Balaban J connectivity index is 1.87. The molecule has 0 aliphatic heterocycles. The molecule has 4 nitrogen and oxygen atoms in total. The molecule has 0 aliphatic rings. The van der Waals surface area contributed by atoms with Gasteiger partial charge in [-0.25, -0.2) is 0 Å². The fourth-order valence-electron chi connectivity index (χ4n) is 1.81. The highest BCUT2D eigenvalue weighted by Crippen LogP contribution is 2.29. The van der Waals surface area contributed by atoms with E-state index in [1.54, 1.807) is 36.4 Å². The molecule has 2 aromatic carbocycles. The van der Waals surface area contributed by atoms with Crippen LogP contribution in [0.25, 0.3) is 0 Å². The zero-order valence-corrected chi connectivity index (χ0v) is 15.1. The summed E-state index contributed by atoms with van der Waals surface area (Å²) in [6.07, 6.45) is -0.0307. The minimum Gasteiger partial charge on any atom is -0.455 e. The van der Waals surface area contributed by atoms with E-state index in [4.69, 9.17) is 51.1 Å². The number of hydrogen-bond donors (Lipinski definition) is 1. The predicted octanol–water partition coefficient (Wildman–Crippen LogP) is 5.02. The Morgan fingerprint density at radius 1 is 0.917 bits per heavy atom. The van der Waals surface area contributed by atoms with Crippen molar-refractivity contribution in [2.24, 2.45) is 0 Å². The lowest BCUT2D eigenvalue weighted by Crippen LogP contribution is -2.22. The maximum absolute atomic E-state index is 11.8. The molecule has 126 valence electrons. The van der Waals surface area contributed by atoms with Crippen molar-refractivity contribution in [1.82, 2.24) is 0 Å². The van der Waals surface area contributed by atoms with Crippen molar-refractivity contribution >= 4 is 64.0 Å². The third-order valence-electron chi connectivity index (χ3n) is 2.92. The molecule has 1 amide bonds. The van der Waals surface area contributed by atoms with Gasteiger partial charge >= 0.3 is 5.97 Å². The van der Waals surface area contributed by atoms with E-state index in [9.17, 15) is 9.59 Å². The van der Waals surface area contributed by atoms with Crippen LogP contribution >= 0.6 is 46.4 Å². The summed E-state index contributed by atoms with van der Waals surface area (Å²) in [4.78, 5) is 23.6. The van der Waals surface area contributed by atoms with Gasteiger partial charge in [0, 0.05) is 0 Å². The zero-order chi connectivity index (χ0) is 17.7. The maximum Gasteiger partial charge on any atom is 0.310 e. The van der Waals surface area contributed by atoms with Gasteiger partial charge in [0.25, 0.3) is 5.91 Å². The van der Waals surface area contributed by atoms with E-state index in [0.29, 0.717) is 15.6 Å². The Morgan fingerprint density at radius 2 is 1.58 bits per heavy atom. The van der Waals surface area contributed by atoms with Crippen LogP contribution in [0.4, 0.5) is 5.69 Å². The molecular weight excluding hydrogens is 396 g/mol. The van der Waals surface area contributed by atoms with E-state index in [2.05, 4.69) is 5.32 Å². The molecule has 0 radical (unpaired) electrons. The summed E-state index contributed by atoms with van der Waals surface area (Å²) in [6, 6.07) is 9.61.